The Kier molecular flexibility index (Phi) is 3.21. The number of rotatable bonds is 3. The number of nitrogens with zero attached hydrogens (tertiary/aromatic N) is 1. The topological polar surface area (TPSA) is 101 Å². The van der Waals surface area contributed by atoms with Crippen LogP contribution in [0.4, 0.5) is 0 Å². The van der Waals surface area contributed by atoms with Crippen molar-refractivity contribution < 1.29 is 27.9 Å². The summed E-state index contributed by atoms with van der Waals surface area (Å²) in [5.74, 6) is -1.63. The Morgan fingerprint density at radius 3 is 2.46 bits per heavy atom. The van der Waals surface area contributed by atoms with Crippen LogP contribution in [0.2, 0.25) is 0 Å². The molecular weight excluding hydrogens is 334 g/mol. The lowest BCUT2D eigenvalue weighted by atomic mass is 9.89. The molecule has 0 bridgehead atoms. The maximum absolute atomic E-state index is 12.9. The Bertz CT molecular complexity index is 710. The van der Waals surface area contributed by atoms with Crippen LogP contribution in [0.25, 0.3) is 0 Å². The van der Waals surface area contributed by atoms with Crippen molar-refractivity contribution in [2.24, 2.45) is 5.41 Å². The largest absolute Gasteiger partial charge is 0.480 e. The minimum absolute atomic E-state index is 0.0948. The molecule has 0 aromatic rings. The number of hydrogen-bond acceptors (Lipinski definition) is 5. The van der Waals surface area contributed by atoms with Gasteiger partial charge in [0.05, 0.1) is 17.0 Å². The molecule has 2 saturated heterocycles. The van der Waals surface area contributed by atoms with Crippen molar-refractivity contribution in [3.05, 3.63) is 0 Å². The number of fused-ring (bicyclic) bond motifs is 2. The number of aliphatic carboxylic acids is 1. The lowest BCUT2D eigenvalue weighted by Gasteiger charge is -2.44. The molecule has 7 nitrogen and oxygen atoms in total. The van der Waals surface area contributed by atoms with E-state index >= 15 is 0 Å². The Morgan fingerprint density at radius 1 is 1.25 bits per heavy atom. The molecule has 0 radical (unpaired) electrons. The SMILES string of the molecule is CC1(C)[C@H](C(=O)O)N2C(=O)C3(CC3OC3CCCCC3)[C@H]2S1(=O)=O. The van der Waals surface area contributed by atoms with Crippen LogP contribution >= 0.6 is 0 Å². The third kappa shape index (κ3) is 1.73. The molecule has 1 amide bonds. The van der Waals surface area contributed by atoms with E-state index in [-0.39, 0.29) is 18.1 Å². The predicted octanol–water partition coefficient (Wildman–Crippen LogP) is 0.923. The molecule has 134 valence electrons. The van der Waals surface area contributed by atoms with Crippen LogP contribution in [0.15, 0.2) is 0 Å². The fourth-order valence-electron chi connectivity index (χ4n) is 4.84. The fourth-order valence-corrected chi connectivity index (χ4v) is 7.36. The van der Waals surface area contributed by atoms with E-state index in [4.69, 9.17) is 4.74 Å². The molecular formula is C16H23NO6S. The zero-order chi connectivity index (χ0) is 17.5. The Morgan fingerprint density at radius 2 is 1.88 bits per heavy atom. The Labute approximate surface area is 141 Å². The lowest BCUT2D eigenvalue weighted by Crippen LogP contribution is -2.66. The monoisotopic (exact) mass is 357 g/mol. The first-order valence-electron chi connectivity index (χ1n) is 8.60. The molecule has 8 heteroatoms. The van der Waals surface area contributed by atoms with Crippen molar-refractivity contribution in [2.45, 2.75) is 80.7 Å². The van der Waals surface area contributed by atoms with Crippen molar-refractivity contribution in [2.75, 3.05) is 0 Å². The van der Waals surface area contributed by atoms with Gasteiger partial charge in [-0.1, -0.05) is 19.3 Å². The maximum Gasteiger partial charge on any atom is 0.328 e. The van der Waals surface area contributed by atoms with E-state index in [0.717, 1.165) is 30.6 Å². The van der Waals surface area contributed by atoms with Crippen LogP contribution in [-0.4, -0.2) is 58.7 Å². The van der Waals surface area contributed by atoms with Crippen LogP contribution in [0.5, 0.6) is 0 Å². The Balaban J connectivity index is 1.61. The van der Waals surface area contributed by atoms with Gasteiger partial charge in [-0.25, -0.2) is 13.2 Å². The first-order chi connectivity index (χ1) is 11.2. The summed E-state index contributed by atoms with van der Waals surface area (Å²) in [7, 11) is -3.77. The maximum atomic E-state index is 12.9. The summed E-state index contributed by atoms with van der Waals surface area (Å²) >= 11 is 0. The molecule has 0 aromatic carbocycles. The normalized spacial score (nSPS) is 42.7. The highest BCUT2D eigenvalue weighted by Gasteiger charge is 2.86. The molecule has 4 atom stereocenters. The van der Waals surface area contributed by atoms with E-state index in [9.17, 15) is 23.1 Å². The zero-order valence-corrected chi connectivity index (χ0v) is 14.7. The first-order valence-corrected chi connectivity index (χ1v) is 10.1. The van der Waals surface area contributed by atoms with E-state index in [2.05, 4.69) is 0 Å². The summed E-state index contributed by atoms with van der Waals surface area (Å²) < 4.78 is 30.4. The second kappa shape index (κ2) is 4.72. The van der Waals surface area contributed by atoms with E-state index in [1.165, 1.54) is 20.3 Å². The minimum atomic E-state index is -3.77. The molecule has 2 saturated carbocycles. The molecule has 4 aliphatic rings. The summed E-state index contributed by atoms with van der Waals surface area (Å²) in [5, 5.41) is 8.41. The molecule has 0 aromatic heterocycles. The molecule has 1 spiro atoms. The summed E-state index contributed by atoms with van der Waals surface area (Å²) in [6.45, 7) is 2.81. The number of hydrogen-bond donors (Lipinski definition) is 1. The van der Waals surface area contributed by atoms with Crippen molar-refractivity contribution >= 4 is 21.7 Å². The molecule has 2 aliphatic carbocycles. The highest BCUT2D eigenvalue weighted by atomic mass is 32.2. The van der Waals surface area contributed by atoms with Gasteiger partial charge in [0, 0.05) is 0 Å². The van der Waals surface area contributed by atoms with Gasteiger partial charge in [-0.15, -0.1) is 0 Å². The summed E-state index contributed by atoms with van der Waals surface area (Å²) in [5.41, 5.74) is -1.03. The number of amides is 1. The van der Waals surface area contributed by atoms with Gasteiger partial charge in [0.15, 0.2) is 15.2 Å². The second-order valence-corrected chi connectivity index (χ2v) is 10.7. The van der Waals surface area contributed by atoms with Crippen LogP contribution in [0.3, 0.4) is 0 Å². The summed E-state index contributed by atoms with van der Waals surface area (Å²) in [6.07, 6.45) is 5.39. The second-order valence-electron chi connectivity index (χ2n) is 8.08. The number of carboxylic acid groups (broad SMARTS) is 1. The summed E-state index contributed by atoms with van der Waals surface area (Å²) in [6, 6.07) is -1.32. The quantitative estimate of drug-likeness (QED) is 0.754. The van der Waals surface area contributed by atoms with Crippen LogP contribution in [-0.2, 0) is 24.2 Å². The van der Waals surface area contributed by atoms with Crippen molar-refractivity contribution in [1.29, 1.82) is 0 Å². The number of sulfone groups is 1. The zero-order valence-electron chi connectivity index (χ0n) is 13.9. The van der Waals surface area contributed by atoms with Crippen LogP contribution < -0.4 is 0 Å². The van der Waals surface area contributed by atoms with Crippen molar-refractivity contribution in [3.63, 3.8) is 0 Å². The van der Waals surface area contributed by atoms with Crippen molar-refractivity contribution in [1.82, 2.24) is 4.90 Å². The minimum Gasteiger partial charge on any atom is -0.480 e. The van der Waals surface area contributed by atoms with Gasteiger partial charge in [0.1, 0.15) is 11.5 Å². The van der Waals surface area contributed by atoms with Crippen LogP contribution in [0, 0.1) is 5.41 Å². The standard InChI is InChI=1S/C16H23NO6S/c1-15(2)11(12(18)19)17-13(20)16(14(17)24(15,21)22)8-10(16)23-9-6-4-3-5-7-9/h9-11,14H,3-8H2,1-2H3,(H,18,19)/t10?,11-,14+,16?/m0/s1. The fraction of sp³-hybridized carbons (Fsp3) is 0.875. The molecule has 4 rings (SSSR count). The van der Waals surface area contributed by atoms with Gasteiger partial charge >= 0.3 is 5.97 Å². The highest BCUT2D eigenvalue weighted by Crippen LogP contribution is 2.67. The number of carboxylic acids is 1. The molecule has 4 fully saturated rings. The lowest BCUT2D eigenvalue weighted by molar-refractivity contribution is -0.169. The van der Waals surface area contributed by atoms with Crippen LogP contribution in [0.1, 0.15) is 52.4 Å². The Hall–Kier alpha value is -1.15. The highest BCUT2D eigenvalue weighted by molar-refractivity contribution is 7.94. The first kappa shape index (κ1) is 16.3. The van der Waals surface area contributed by atoms with Gasteiger partial charge in [0.2, 0.25) is 5.91 Å². The number of carbonyl (C=O) groups excluding carboxylic acids is 1. The number of carbonyl (C=O) groups is 2. The van der Waals surface area contributed by atoms with Gasteiger partial charge in [-0.3, -0.25) is 4.79 Å². The molecule has 2 unspecified atom stereocenters. The van der Waals surface area contributed by atoms with Crippen molar-refractivity contribution in [3.8, 4) is 0 Å². The molecule has 24 heavy (non-hydrogen) atoms. The van der Waals surface area contributed by atoms with E-state index in [0.29, 0.717) is 6.42 Å². The molecule has 1 N–H and O–H groups in total. The van der Waals surface area contributed by atoms with Gasteiger partial charge < -0.3 is 14.7 Å². The third-order valence-corrected chi connectivity index (χ3v) is 9.30. The molecule has 2 heterocycles. The van der Waals surface area contributed by atoms with E-state index in [1.54, 1.807) is 0 Å². The number of β-lactam (4-membered cyclic amide) rings is 1. The third-order valence-electron chi connectivity index (χ3n) is 6.37. The molecule has 2 aliphatic heterocycles. The van der Waals surface area contributed by atoms with Gasteiger partial charge in [-0.2, -0.15) is 0 Å². The smallest absolute Gasteiger partial charge is 0.328 e. The predicted molar refractivity (Wildman–Crippen MR) is 83.9 cm³/mol. The van der Waals surface area contributed by atoms with Gasteiger partial charge in [0.25, 0.3) is 0 Å². The van der Waals surface area contributed by atoms with E-state index in [1.807, 2.05) is 0 Å². The summed E-state index contributed by atoms with van der Waals surface area (Å²) in [4.78, 5) is 25.3. The number of ether oxygens (including phenoxy) is 1. The average Bonchev–Trinajstić information content (AvgIpc) is 3.19. The van der Waals surface area contributed by atoms with E-state index < -0.39 is 37.4 Å². The van der Waals surface area contributed by atoms with Gasteiger partial charge in [-0.05, 0) is 33.1 Å². The average molecular weight is 357 g/mol.